The van der Waals surface area contributed by atoms with Crippen molar-refractivity contribution in [1.82, 2.24) is 4.57 Å². The average Bonchev–Trinajstić information content (AvgIpc) is 3.37. The minimum absolute atomic E-state index is 0.00752. The summed E-state index contributed by atoms with van der Waals surface area (Å²) in [6.07, 6.45) is 3.37. The second-order valence-electron chi connectivity index (χ2n) is 8.13. The van der Waals surface area contributed by atoms with Crippen LogP contribution in [-0.2, 0) is 9.53 Å². The summed E-state index contributed by atoms with van der Waals surface area (Å²) in [6.45, 7) is 3.16. The van der Waals surface area contributed by atoms with E-state index in [-0.39, 0.29) is 33.2 Å². The summed E-state index contributed by atoms with van der Waals surface area (Å²) < 4.78 is 35.9. The Balaban J connectivity index is 1.85. The topological polar surface area (TPSA) is 68.5 Å². The monoisotopic (exact) mass is 461 g/mol. The Morgan fingerprint density at radius 1 is 1.19 bits per heavy atom. The molecule has 4 rings (SSSR count). The Hall–Kier alpha value is -2.93. The van der Waals surface area contributed by atoms with Crippen molar-refractivity contribution in [3.63, 3.8) is 0 Å². The number of phenols is 1. The van der Waals surface area contributed by atoms with E-state index in [1.54, 1.807) is 13.8 Å². The molecule has 0 amide bonds. The summed E-state index contributed by atoms with van der Waals surface area (Å²) >= 11 is 5.72. The predicted octanol–water partition coefficient (Wildman–Crippen LogP) is 5.86. The molecule has 1 aliphatic carbocycles. The number of nitrogens with zero attached hydrogens (tertiary/aromatic N) is 1. The van der Waals surface area contributed by atoms with E-state index >= 15 is 4.39 Å². The molecular weight excluding hydrogens is 440 g/mol. The number of fused-ring (bicyclic) bond motifs is 1. The zero-order valence-electron chi connectivity index (χ0n) is 17.6. The highest BCUT2D eigenvalue weighted by atomic mass is 35.5. The Morgan fingerprint density at radius 2 is 1.88 bits per heavy atom. The maximum Gasteiger partial charge on any atom is 0.313 e. The van der Waals surface area contributed by atoms with E-state index in [4.69, 9.17) is 16.3 Å². The molecule has 1 atom stereocenters. The van der Waals surface area contributed by atoms with E-state index in [0.29, 0.717) is 5.69 Å². The summed E-state index contributed by atoms with van der Waals surface area (Å²) in [5.74, 6) is -4.32. The van der Waals surface area contributed by atoms with Gasteiger partial charge in [0, 0.05) is 16.6 Å². The minimum Gasteiger partial charge on any atom is -0.505 e. The lowest BCUT2D eigenvalue weighted by Crippen LogP contribution is -2.21. The summed E-state index contributed by atoms with van der Waals surface area (Å²) in [4.78, 5) is 26.1. The van der Waals surface area contributed by atoms with Gasteiger partial charge in [0.05, 0.1) is 16.5 Å². The first-order valence-electron chi connectivity index (χ1n) is 10.4. The van der Waals surface area contributed by atoms with Gasteiger partial charge in [0.1, 0.15) is 11.9 Å². The van der Waals surface area contributed by atoms with Crippen LogP contribution in [0.3, 0.4) is 0 Å². The third kappa shape index (κ3) is 3.75. The Kier molecular flexibility index (Phi) is 5.95. The van der Waals surface area contributed by atoms with E-state index in [1.807, 2.05) is 0 Å². The maximum atomic E-state index is 15.1. The Morgan fingerprint density at radius 3 is 2.53 bits per heavy atom. The maximum absolute atomic E-state index is 15.1. The SMILES string of the molecule is Cc1c(C(C)C(=O)OC2CCCC2)c2c(F)c(O)ccc2n1C(=O)c1ccc(Cl)c(F)c1. The van der Waals surface area contributed by atoms with Gasteiger partial charge in [0.25, 0.3) is 5.91 Å². The highest BCUT2D eigenvalue weighted by molar-refractivity contribution is 6.30. The van der Waals surface area contributed by atoms with E-state index in [9.17, 15) is 19.1 Å². The van der Waals surface area contributed by atoms with Gasteiger partial charge in [-0.2, -0.15) is 0 Å². The molecule has 2 aromatic carbocycles. The van der Waals surface area contributed by atoms with Crippen LogP contribution in [0.1, 0.15) is 60.1 Å². The van der Waals surface area contributed by atoms with Crippen molar-refractivity contribution >= 4 is 34.4 Å². The van der Waals surface area contributed by atoms with Crippen LogP contribution in [0.4, 0.5) is 8.78 Å². The minimum atomic E-state index is -0.935. The normalized spacial score (nSPS) is 15.3. The second kappa shape index (κ2) is 8.54. The molecule has 5 nitrogen and oxygen atoms in total. The third-order valence-electron chi connectivity index (χ3n) is 6.08. The molecule has 8 heteroatoms. The van der Waals surface area contributed by atoms with Gasteiger partial charge in [-0.05, 0) is 75.4 Å². The largest absolute Gasteiger partial charge is 0.505 e. The van der Waals surface area contributed by atoms with Crippen LogP contribution >= 0.6 is 11.6 Å². The Bertz CT molecular complexity index is 1230. The number of carbonyl (C=O) groups is 2. The fourth-order valence-electron chi connectivity index (χ4n) is 4.42. The molecule has 1 fully saturated rings. The number of phenolic OH excluding ortho intramolecular Hbond substituents is 1. The summed E-state index contributed by atoms with van der Waals surface area (Å²) in [7, 11) is 0. The molecule has 0 bridgehead atoms. The van der Waals surface area contributed by atoms with Crippen molar-refractivity contribution in [1.29, 1.82) is 0 Å². The fourth-order valence-corrected chi connectivity index (χ4v) is 4.54. The molecule has 32 heavy (non-hydrogen) atoms. The van der Waals surface area contributed by atoms with Gasteiger partial charge in [-0.25, -0.2) is 8.78 Å². The molecule has 1 aromatic heterocycles. The number of rotatable bonds is 4. The lowest BCUT2D eigenvalue weighted by atomic mass is 9.97. The summed E-state index contributed by atoms with van der Waals surface area (Å²) in [6, 6.07) is 6.16. The number of carbonyl (C=O) groups excluding carboxylic acids is 2. The molecule has 168 valence electrons. The number of aromatic hydroxyl groups is 1. The van der Waals surface area contributed by atoms with Crippen molar-refractivity contribution in [2.45, 2.75) is 51.6 Å². The standard InChI is InChI=1S/C24H22ClF2NO4/c1-12(24(31)32-15-5-3-4-6-15)20-13(2)28(18-9-10-19(29)22(27)21(18)20)23(30)14-7-8-16(25)17(26)11-14/h7-12,15,29H,3-6H2,1-2H3. The molecule has 0 spiro atoms. The number of hydrogen-bond acceptors (Lipinski definition) is 4. The van der Waals surface area contributed by atoms with Gasteiger partial charge < -0.3 is 9.84 Å². The van der Waals surface area contributed by atoms with Crippen molar-refractivity contribution < 1.29 is 28.2 Å². The van der Waals surface area contributed by atoms with Crippen molar-refractivity contribution in [3.05, 3.63) is 63.8 Å². The highest BCUT2D eigenvalue weighted by Crippen LogP contribution is 2.38. The first kappa shape index (κ1) is 22.3. The van der Waals surface area contributed by atoms with Gasteiger partial charge in [-0.3, -0.25) is 14.2 Å². The van der Waals surface area contributed by atoms with Crippen molar-refractivity contribution in [2.24, 2.45) is 0 Å². The molecule has 1 heterocycles. The third-order valence-corrected chi connectivity index (χ3v) is 6.38. The van der Waals surface area contributed by atoms with Crippen LogP contribution in [0.25, 0.3) is 10.9 Å². The molecule has 1 N–H and O–H groups in total. The Labute approximate surface area is 188 Å². The van der Waals surface area contributed by atoms with Crippen LogP contribution in [0.5, 0.6) is 5.75 Å². The zero-order valence-corrected chi connectivity index (χ0v) is 18.4. The molecule has 0 radical (unpaired) electrons. The van der Waals surface area contributed by atoms with Gasteiger partial charge in [0.15, 0.2) is 11.6 Å². The molecule has 0 aliphatic heterocycles. The number of hydrogen-bond donors (Lipinski definition) is 1. The van der Waals surface area contributed by atoms with E-state index in [0.717, 1.165) is 37.8 Å². The van der Waals surface area contributed by atoms with Crippen LogP contribution in [-0.4, -0.2) is 27.7 Å². The molecule has 3 aromatic rings. The highest BCUT2D eigenvalue weighted by Gasteiger charge is 2.31. The first-order chi connectivity index (χ1) is 15.2. The number of esters is 1. The average molecular weight is 462 g/mol. The molecule has 1 unspecified atom stereocenters. The quantitative estimate of drug-likeness (QED) is 0.494. The van der Waals surface area contributed by atoms with Gasteiger partial charge in [-0.15, -0.1) is 0 Å². The molecule has 0 saturated heterocycles. The van der Waals surface area contributed by atoms with Crippen molar-refractivity contribution in [2.75, 3.05) is 0 Å². The van der Waals surface area contributed by atoms with E-state index < -0.39 is 35.2 Å². The number of halogens is 3. The first-order valence-corrected chi connectivity index (χ1v) is 10.8. The number of benzene rings is 2. The molecule has 1 saturated carbocycles. The lowest BCUT2D eigenvalue weighted by Gasteiger charge is -2.17. The molecule has 1 aliphatic rings. The smallest absolute Gasteiger partial charge is 0.313 e. The molecular formula is C24H22ClF2NO4. The predicted molar refractivity (Wildman–Crippen MR) is 116 cm³/mol. The number of ether oxygens (including phenoxy) is 1. The van der Waals surface area contributed by atoms with E-state index in [1.165, 1.54) is 22.8 Å². The second-order valence-corrected chi connectivity index (χ2v) is 8.53. The number of aromatic nitrogens is 1. The lowest BCUT2D eigenvalue weighted by molar-refractivity contribution is -0.150. The van der Waals surface area contributed by atoms with Gasteiger partial charge in [0.2, 0.25) is 0 Å². The fraction of sp³-hybridized carbons (Fsp3) is 0.333. The van der Waals surface area contributed by atoms with Crippen LogP contribution in [0, 0.1) is 18.6 Å². The summed E-state index contributed by atoms with van der Waals surface area (Å²) in [5.41, 5.74) is 0.724. The van der Waals surface area contributed by atoms with Crippen molar-refractivity contribution in [3.8, 4) is 5.75 Å². The van der Waals surface area contributed by atoms with Crippen LogP contribution < -0.4 is 0 Å². The van der Waals surface area contributed by atoms with Crippen LogP contribution in [0.2, 0.25) is 5.02 Å². The van der Waals surface area contributed by atoms with Crippen LogP contribution in [0.15, 0.2) is 30.3 Å². The zero-order chi connectivity index (χ0) is 23.2. The van der Waals surface area contributed by atoms with E-state index in [2.05, 4.69) is 0 Å². The van der Waals surface area contributed by atoms with Gasteiger partial charge >= 0.3 is 5.97 Å². The summed E-state index contributed by atoms with van der Waals surface area (Å²) in [5, 5.41) is 9.80. The van der Waals surface area contributed by atoms with Gasteiger partial charge in [-0.1, -0.05) is 11.6 Å².